The number of amides is 1. The van der Waals surface area contributed by atoms with Crippen molar-refractivity contribution >= 4 is 16.8 Å². The molecule has 6 heteroatoms. The van der Waals surface area contributed by atoms with Crippen molar-refractivity contribution in [2.45, 2.75) is 0 Å². The van der Waals surface area contributed by atoms with Gasteiger partial charge in [-0.3, -0.25) is 4.21 Å². The minimum Gasteiger partial charge on any atom is -0.302 e. The van der Waals surface area contributed by atoms with Crippen LogP contribution in [0.5, 0.6) is 0 Å². The van der Waals surface area contributed by atoms with Gasteiger partial charge in [-0.25, -0.2) is 9.36 Å². The summed E-state index contributed by atoms with van der Waals surface area (Å²) in [6.07, 6.45) is 5.28. The molecular formula is C9H14N3O2S+. The van der Waals surface area contributed by atoms with E-state index in [1.54, 1.807) is 22.0 Å². The number of hydrogen-bond acceptors (Lipinski definition) is 2. The van der Waals surface area contributed by atoms with Crippen LogP contribution in [-0.2, 0) is 17.8 Å². The van der Waals surface area contributed by atoms with Gasteiger partial charge in [0.15, 0.2) is 0 Å². The zero-order valence-electron chi connectivity index (χ0n) is 8.63. The Balaban J connectivity index is 2.05. The summed E-state index contributed by atoms with van der Waals surface area (Å²) in [7, 11) is 1.13. The molecule has 0 unspecified atom stereocenters. The van der Waals surface area contributed by atoms with Crippen molar-refractivity contribution in [1.82, 2.24) is 9.47 Å². The van der Waals surface area contributed by atoms with E-state index in [9.17, 15) is 9.00 Å². The Kier molecular flexibility index (Phi) is 2.86. The second kappa shape index (κ2) is 4.14. The topological polar surface area (TPSA) is 46.2 Å². The van der Waals surface area contributed by atoms with E-state index in [1.807, 2.05) is 17.8 Å². The molecule has 1 aromatic heterocycles. The normalized spacial score (nSPS) is 18.1. The first kappa shape index (κ1) is 10.4. The van der Waals surface area contributed by atoms with Crippen LogP contribution in [0.4, 0.5) is 4.79 Å². The van der Waals surface area contributed by atoms with E-state index in [0.717, 1.165) is 0 Å². The fourth-order valence-electron chi connectivity index (χ4n) is 1.56. The monoisotopic (exact) mass is 228 g/mol. The molecular weight excluding hydrogens is 214 g/mol. The van der Waals surface area contributed by atoms with E-state index in [2.05, 4.69) is 0 Å². The zero-order valence-corrected chi connectivity index (χ0v) is 9.44. The predicted octanol–water partition coefficient (Wildman–Crippen LogP) is -0.655. The summed E-state index contributed by atoms with van der Waals surface area (Å²) in [6.45, 7) is 1.18. The third-order valence-corrected chi connectivity index (χ3v) is 3.71. The summed E-state index contributed by atoms with van der Waals surface area (Å²) in [6, 6.07) is -0.0349. The molecule has 0 N–H and O–H groups in total. The molecule has 0 saturated carbocycles. The Morgan fingerprint density at radius 1 is 1.40 bits per heavy atom. The van der Waals surface area contributed by atoms with Crippen molar-refractivity contribution in [3.05, 3.63) is 18.7 Å². The van der Waals surface area contributed by atoms with E-state index in [-0.39, 0.29) is 6.03 Å². The standard InChI is InChI=1S/C9H14N3O2S/c1-10-2-3-12(8-10)9(13)11-4-6-15(14)7-5-11/h2-3,8H,4-7H2,1H3/q+1. The molecule has 0 aromatic carbocycles. The van der Waals surface area contributed by atoms with Crippen molar-refractivity contribution in [2.75, 3.05) is 24.6 Å². The first-order valence-corrected chi connectivity index (χ1v) is 6.33. The Hall–Kier alpha value is -1.17. The highest BCUT2D eigenvalue weighted by Gasteiger charge is 2.24. The number of carbonyl (C=O) groups excluding carboxylic acids is 1. The van der Waals surface area contributed by atoms with Crippen LogP contribution in [0.15, 0.2) is 18.7 Å². The van der Waals surface area contributed by atoms with Crippen LogP contribution in [0.25, 0.3) is 0 Å². The Morgan fingerprint density at radius 2 is 2.07 bits per heavy atom. The van der Waals surface area contributed by atoms with Crippen molar-refractivity contribution in [3.8, 4) is 0 Å². The SMILES string of the molecule is C[n+]1ccn(C(=O)N2CCS(=O)CC2)c1. The molecule has 0 aliphatic carbocycles. The van der Waals surface area contributed by atoms with E-state index in [0.29, 0.717) is 24.6 Å². The van der Waals surface area contributed by atoms with Crippen molar-refractivity contribution in [1.29, 1.82) is 0 Å². The smallest absolute Gasteiger partial charge is 0.302 e. The maximum Gasteiger partial charge on any atom is 0.415 e. The van der Waals surface area contributed by atoms with Crippen molar-refractivity contribution in [2.24, 2.45) is 7.05 Å². The van der Waals surface area contributed by atoms with E-state index >= 15 is 0 Å². The molecule has 0 atom stereocenters. The van der Waals surface area contributed by atoms with Crippen LogP contribution in [0.2, 0.25) is 0 Å². The average molecular weight is 228 g/mol. The van der Waals surface area contributed by atoms with Gasteiger partial charge >= 0.3 is 6.03 Å². The lowest BCUT2D eigenvalue weighted by molar-refractivity contribution is -0.670. The van der Waals surface area contributed by atoms with Gasteiger partial charge in [0.05, 0.1) is 7.05 Å². The maximum atomic E-state index is 11.9. The number of aryl methyl sites for hydroxylation is 1. The molecule has 0 spiro atoms. The summed E-state index contributed by atoms with van der Waals surface area (Å²) >= 11 is 0. The highest BCUT2D eigenvalue weighted by molar-refractivity contribution is 7.85. The number of nitrogens with zero attached hydrogens (tertiary/aromatic N) is 3. The van der Waals surface area contributed by atoms with Gasteiger partial charge in [-0.05, 0) is 0 Å². The predicted molar refractivity (Wildman–Crippen MR) is 55.9 cm³/mol. The first-order valence-electron chi connectivity index (χ1n) is 4.84. The highest BCUT2D eigenvalue weighted by Crippen LogP contribution is 2.02. The van der Waals surface area contributed by atoms with E-state index in [1.165, 1.54) is 0 Å². The molecule has 1 saturated heterocycles. The van der Waals surface area contributed by atoms with Gasteiger partial charge in [-0.1, -0.05) is 0 Å². The molecule has 0 bridgehead atoms. The van der Waals surface area contributed by atoms with Gasteiger partial charge in [0.25, 0.3) is 6.33 Å². The largest absolute Gasteiger partial charge is 0.415 e. The van der Waals surface area contributed by atoms with Gasteiger partial charge in [-0.2, -0.15) is 4.57 Å². The fraction of sp³-hybridized carbons (Fsp3) is 0.556. The van der Waals surface area contributed by atoms with Crippen molar-refractivity contribution < 1.29 is 13.6 Å². The maximum absolute atomic E-state index is 11.9. The summed E-state index contributed by atoms with van der Waals surface area (Å²) in [5.41, 5.74) is 0. The molecule has 5 nitrogen and oxygen atoms in total. The Bertz CT molecular complexity index is 392. The Morgan fingerprint density at radius 3 is 2.60 bits per heavy atom. The number of imidazole rings is 1. The molecule has 0 radical (unpaired) electrons. The van der Waals surface area contributed by atoms with Crippen LogP contribution in [0.1, 0.15) is 0 Å². The minimum atomic E-state index is -0.737. The summed E-state index contributed by atoms with van der Waals surface area (Å²) in [4.78, 5) is 13.6. The minimum absolute atomic E-state index is 0.0349. The number of hydrogen-bond donors (Lipinski definition) is 0. The van der Waals surface area contributed by atoms with Gasteiger partial charge in [-0.15, -0.1) is 0 Å². The quantitative estimate of drug-likeness (QED) is 0.554. The summed E-state index contributed by atoms with van der Waals surface area (Å²) in [5, 5.41) is 0. The number of rotatable bonds is 0. The molecule has 1 fully saturated rings. The molecule has 15 heavy (non-hydrogen) atoms. The van der Waals surface area contributed by atoms with Gasteiger partial charge in [0.2, 0.25) is 0 Å². The molecule has 2 heterocycles. The fourth-order valence-corrected chi connectivity index (χ4v) is 2.61. The van der Waals surface area contributed by atoms with E-state index < -0.39 is 10.8 Å². The van der Waals surface area contributed by atoms with Crippen molar-refractivity contribution in [3.63, 3.8) is 0 Å². The number of carbonyl (C=O) groups is 1. The van der Waals surface area contributed by atoms with Gasteiger partial charge in [0.1, 0.15) is 12.4 Å². The lowest BCUT2D eigenvalue weighted by Crippen LogP contribution is -2.43. The molecule has 1 amide bonds. The summed E-state index contributed by atoms with van der Waals surface area (Å²) < 4.78 is 14.5. The second-order valence-corrected chi connectivity index (χ2v) is 5.30. The van der Waals surface area contributed by atoms with Crippen LogP contribution < -0.4 is 4.57 Å². The average Bonchev–Trinajstić information content (AvgIpc) is 2.65. The van der Waals surface area contributed by atoms with E-state index in [4.69, 9.17) is 0 Å². The second-order valence-electron chi connectivity index (χ2n) is 3.60. The molecule has 1 aromatic rings. The van der Waals surface area contributed by atoms with Crippen LogP contribution in [0.3, 0.4) is 0 Å². The van der Waals surface area contributed by atoms with Crippen LogP contribution >= 0.6 is 0 Å². The molecule has 82 valence electrons. The number of aromatic nitrogens is 2. The lowest BCUT2D eigenvalue weighted by Gasteiger charge is -2.23. The summed E-state index contributed by atoms with van der Waals surface area (Å²) in [5.74, 6) is 1.19. The zero-order chi connectivity index (χ0) is 10.8. The lowest BCUT2D eigenvalue weighted by atomic mass is 10.5. The third kappa shape index (κ3) is 2.26. The van der Waals surface area contributed by atoms with Crippen LogP contribution in [-0.4, -0.2) is 44.3 Å². The molecule has 1 aliphatic heterocycles. The van der Waals surface area contributed by atoms with Crippen LogP contribution in [0, 0.1) is 0 Å². The Labute approximate surface area is 90.8 Å². The highest BCUT2D eigenvalue weighted by atomic mass is 32.2. The van der Waals surface area contributed by atoms with Gasteiger partial charge in [0, 0.05) is 35.4 Å². The molecule has 1 aliphatic rings. The first-order chi connectivity index (χ1) is 7.16. The van der Waals surface area contributed by atoms with Gasteiger partial charge < -0.3 is 4.90 Å². The third-order valence-electron chi connectivity index (χ3n) is 2.44. The molecule has 2 rings (SSSR count).